The number of rotatable bonds is 8. The van der Waals surface area contributed by atoms with Crippen LogP contribution in [-0.2, 0) is 4.74 Å². The molecule has 0 saturated heterocycles. The Morgan fingerprint density at radius 3 is 2.59 bits per heavy atom. The van der Waals surface area contributed by atoms with Crippen LogP contribution in [-0.4, -0.2) is 37.0 Å². The molecular formula is C21H19FO7. The molecule has 3 aromatic rings. The molecule has 0 spiro atoms. The topological polar surface area (TPSA) is 95.2 Å². The van der Waals surface area contributed by atoms with Gasteiger partial charge < -0.3 is 23.7 Å². The van der Waals surface area contributed by atoms with Crippen molar-refractivity contribution in [2.75, 3.05) is 19.8 Å². The predicted octanol–water partition coefficient (Wildman–Crippen LogP) is 2.93. The number of esters is 1. The van der Waals surface area contributed by atoms with Crippen LogP contribution >= 0.6 is 0 Å². The first-order valence-corrected chi connectivity index (χ1v) is 8.91. The van der Waals surface area contributed by atoms with Gasteiger partial charge in [-0.25, -0.2) is 9.18 Å². The number of aliphatic hydroxyl groups is 1. The van der Waals surface area contributed by atoms with E-state index in [9.17, 15) is 19.1 Å². The summed E-state index contributed by atoms with van der Waals surface area (Å²) in [5.74, 6) is -0.710. The van der Waals surface area contributed by atoms with E-state index >= 15 is 0 Å². The first-order valence-electron chi connectivity index (χ1n) is 8.91. The average molecular weight is 402 g/mol. The Balaban J connectivity index is 1.68. The fraction of sp³-hybridized carbons (Fsp3) is 0.238. The number of carbonyl (C=O) groups is 1. The van der Waals surface area contributed by atoms with Gasteiger partial charge in [0.2, 0.25) is 5.76 Å². The molecular weight excluding hydrogens is 383 g/mol. The third kappa shape index (κ3) is 5.11. The summed E-state index contributed by atoms with van der Waals surface area (Å²) in [7, 11) is 0. The summed E-state index contributed by atoms with van der Waals surface area (Å²) in [6.45, 7) is 1.56. The molecule has 1 unspecified atom stereocenters. The molecule has 0 bridgehead atoms. The first kappa shape index (κ1) is 20.3. The summed E-state index contributed by atoms with van der Waals surface area (Å²) in [5, 5.41) is 10.2. The maximum atomic E-state index is 12.9. The highest BCUT2D eigenvalue weighted by molar-refractivity contribution is 5.90. The van der Waals surface area contributed by atoms with Crippen molar-refractivity contribution < 1.29 is 32.9 Å². The predicted molar refractivity (Wildman–Crippen MR) is 102 cm³/mol. The molecule has 0 fully saturated rings. The SMILES string of the molecule is CCOC(=O)c1cc(=O)c2c(OCC(O)COc3ccc(F)cc3)cccc2o1. The number of ether oxygens (including phenoxy) is 3. The van der Waals surface area contributed by atoms with E-state index < -0.39 is 17.5 Å². The lowest BCUT2D eigenvalue weighted by atomic mass is 10.2. The van der Waals surface area contributed by atoms with Crippen molar-refractivity contribution >= 4 is 16.9 Å². The number of carbonyl (C=O) groups excluding carboxylic acids is 1. The van der Waals surface area contributed by atoms with Crippen molar-refractivity contribution in [2.45, 2.75) is 13.0 Å². The fourth-order valence-electron chi connectivity index (χ4n) is 2.56. The summed E-state index contributed by atoms with van der Waals surface area (Å²) in [6.07, 6.45) is -0.999. The molecule has 0 aliphatic carbocycles. The zero-order valence-corrected chi connectivity index (χ0v) is 15.6. The Morgan fingerprint density at radius 2 is 1.86 bits per heavy atom. The van der Waals surface area contributed by atoms with Gasteiger partial charge in [-0.15, -0.1) is 0 Å². The highest BCUT2D eigenvalue weighted by Crippen LogP contribution is 2.24. The summed E-state index contributed by atoms with van der Waals surface area (Å²) >= 11 is 0. The van der Waals surface area contributed by atoms with Crippen molar-refractivity contribution in [2.24, 2.45) is 0 Å². The standard InChI is InChI=1S/C21H19FO7/c1-2-26-21(25)19-10-16(24)20-17(4-3-5-18(20)29-19)28-12-14(23)11-27-15-8-6-13(22)7-9-15/h3-10,14,23H,2,11-12H2,1H3. The van der Waals surface area contributed by atoms with Crippen molar-refractivity contribution in [1.82, 2.24) is 0 Å². The molecule has 8 heteroatoms. The molecule has 0 saturated carbocycles. The molecule has 1 heterocycles. The van der Waals surface area contributed by atoms with Gasteiger partial charge >= 0.3 is 5.97 Å². The lowest BCUT2D eigenvalue weighted by molar-refractivity contribution is 0.0490. The molecule has 0 radical (unpaired) electrons. The Morgan fingerprint density at radius 1 is 1.14 bits per heavy atom. The third-order valence-corrected chi connectivity index (χ3v) is 3.88. The molecule has 3 rings (SSSR count). The molecule has 152 valence electrons. The summed E-state index contributed by atoms with van der Waals surface area (Å²) in [5.41, 5.74) is -0.308. The van der Waals surface area contributed by atoms with Crippen LogP contribution in [0.4, 0.5) is 4.39 Å². The Bertz CT molecular complexity index is 1040. The quantitative estimate of drug-likeness (QED) is 0.579. The van der Waals surface area contributed by atoms with Crippen LogP contribution in [0.3, 0.4) is 0 Å². The van der Waals surface area contributed by atoms with Crippen LogP contribution < -0.4 is 14.9 Å². The largest absolute Gasteiger partial charge is 0.491 e. The van der Waals surface area contributed by atoms with E-state index in [0.717, 1.165) is 6.07 Å². The van der Waals surface area contributed by atoms with Gasteiger partial charge in [0.05, 0.1) is 6.61 Å². The fourth-order valence-corrected chi connectivity index (χ4v) is 2.56. The van der Waals surface area contributed by atoms with Gasteiger partial charge in [0.1, 0.15) is 47.6 Å². The van der Waals surface area contributed by atoms with Gasteiger partial charge in [0.25, 0.3) is 0 Å². The van der Waals surface area contributed by atoms with Crippen LogP contribution in [0.2, 0.25) is 0 Å². The van der Waals surface area contributed by atoms with Crippen molar-refractivity contribution in [3.8, 4) is 11.5 Å². The Labute approximate surface area is 165 Å². The smallest absolute Gasteiger partial charge is 0.374 e. The van der Waals surface area contributed by atoms with Gasteiger partial charge in [-0.3, -0.25) is 4.79 Å². The number of hydrogen-bond acceptors (Lipinski definition) is 7. The monoisotopic (exact) mass is 402 g/mol. The van der Waals surface area contributed by atoms with Crippen molar-refractivity contribution in [1.29, 1.82) is 0 Å². The second-order valence-corrected chi connectivity index (χ2v) is 6.05. The molecule has 29 heavy (non-hydrogen) atoms. The third-order valence-electron chi connectivity index (χ3n) is 3.88. The molecule has 1 N–H and O–H groups in total. The van der Waals surface area contributed by atoms with E-state index in [0.29, 0.717) is 5.75 Å². The van der Waals surface area contributed by atoms with E-state index in [-0.39, 0.29) is 48.1 Å². The summed E-state index contributed by atoms with van der Waals surface area (Å²) in [6, 6.07) is 11.1. The molecule has 0 aliphatic rings. The zero-order valence-electron chi connectivity index (χ0n) is 15.6. The van der Waals surface area contributed by atoms with E-state index in [2.05, 4.69) is 0 Å². The molecule has 2 aromatic carbocycles. The van der Waals surface area contributed by atoms with E-state index in [1.165, 1.54) is 30.3 Å². The second-order valence-electron chi connectivity index (χ2n) is 6.05. The maximum Gasteiger partial charge on any atom is 0.374 e. The minimum absolute atomic E-state index is 0.0853. The van der Waals surface area contributed by atoms with Crippen molar-refractivity contribution in [3.05, 3.63) is 70.3 Å². The number of benzene rings is 2. The molecule has 1 aromatic heterocycles. The number of fused-ring (bicyclic) bond motifs is 1. The van der Waals surface area contributed by atoms with Crippen LogP contribution in [0.5, 0.6) is 11.5 Å². The maximum absolute atomic E-state index is 12.9. The number of halogens is 1. The highest BCUT2D eigenvalue weighted by atomic mass is 19.1. The lowest BCUT2D eigenvalue weighted by Gasteiger charge is -2.14. The minimum atomic E-state index is -0.999. The van der Waals surface area contributed by atoms with Gasteiger partial charge in [-0.05, 0) is 43.3 Å². The second kappa shape index (κ2) is 9.20. The first-order chi connectivity index (χ1) is 14.0. The number of aliphatic hydroxyl groups excluding tert-OH is 1. The average Bonchev–Trinajstić information content (AvgIpc) is 2.71. The lowest BCUT2D eigenvalue weighted by Crippen LogP contribution is -2.25. The highest BCUT2D eigenvalue weighted by Gasteiger charge is 2.16. The molecule has 0 amide bonds. The molecule has 1 atom stereocenters. The van der Waals surface area contributed by atoms with E-state index in [1.807, 2.05) is 0 Å². The van der Waals surface area contributed by atoms with E-state index in [4.69, 9.17) is 18.6 Å². The summed E-state index contributed by atoms with van der Waals surface area (Å²) in [4.78, 5) is 24.2. The zero-order chi connectivity index (χ0) is 20.8. The van der Waals surface area contributed by atoms with E-state index in [1.54, 1.807) is 19.1 Å². The van der Waals surface area contributed by atoms with Gasteiger partial charge in [0.15, 0.2) is 5.43 Å². The van der Waals surface area contributed by atoms with Crippen LogP contribution in [0, 0.1) is 5.82 Å². The van der Waals surface area contributed by atoms with Gasteiger partial charge in [0, 0.05) is 6.07 Å². The number of hydrogen-bond donors (Lipinski definition) is 1. The minimum Gasteiger partial charge on any atom is -0.491 e. The van der Waals surface area contributed by atoms with Gasteiger partial charge in [-0.2, -0.15) is 0 Å². The normalized spacial score (nSPS) is 11.8. The molecule has 0 aliphatic heterocycles. The van der Waals surface area contributed by atoms with Crippen molar-refractivity contribution in [3.63, 3.8) is 0 Å². The molecule has 7 nitrogen and oxygen atoms in total. The summed E-state index contributed by atoms with van der Waals surface area (Å²) < 4.78 is 34.1. The Hall–Kier alpha value is -3.39. The van der Waals surface area contributed by atoms with Crippen LogP contribution in [0.15, 0.2) is 57.7 Å². The van der Waals surface area contributed by atoms with Gasteiger partial charge in [-0.1, -0.05) is 6.07 Å². The van der Waals surface area contributed by atoms with Crippen LogP contribution in [0.25, 0.3) is 11.0 Å². The van der Waals surface area contributed by atoms with Crippen LogP contribution in [0.1, 0.15) is 17.5 Å². The Kier molecular flexibility index (Phi) is 6.46.